The van der Waals surface area contributed by atoms with E-state index >= 15 is 0 Å². The van der Waals surface area contributed by atoms with E-state index in [9.17, 15) is 4.79 Å². The van der Waals surface area contributed by atoms with Crippen LogP contribution in [0.3, 0.4) is 0 Å². The normalized spacial score (nSPS) is 24.3. The van der Waals surface area contributed by atoms with Crippen molar-refractivity contribution in [3.63, 3.8) is 0 Å². The molecule has 1 heterocycles. The zero-order chi connectivity index (χ0) is 19.7. The average Bonchev–Trinajstić information content (AvgIpc) is 3.42. The molecule has 2 aliphatic carbocycles. The molecule has 2 fully saturated rings. The first-order valence-corrected chi connectivity index (χ1v) is 11.0. The minimum absolute atomic E-state index is 0.0714. The van der Waals surface area contributed by atoms with Gasteiger partial charge in [-0.2, -0.15) is 0 Å². The Kier molecular flexibility index (Phi) is 5.62. The van der Waals surface area contributed by atoms with Crippen molar-refractivity contribution in [2.75, 3.05) is 12.9 Å². The van der Waals surface area contributed by atoms with Crippen molar-refractivity contribution in [3.8, 4) is 17.1 Å². The molecule has 6 nitrogen and oxygen atoms in total. The SMILES string of the molecule is COc1ccccc1-c1nnc(SCC(=O)NC(C)C2CC3CCC2C3)n1C. The molecule has 1 amide bonds. The van der Waals surface area contributed by atoms with Crippen LogP contribution in [0.5, 0.6) is 5.75 Å². The van der Waals surface area contributed by atoms with Crippen molar-refractivity contribution in [1.29, 1.82) is 0 Å². The first-order chi connectivity index (χ1) is 13.6. The molecule has 1 aromatic carbocycles. The van der Waals surface area contributed by atoms with Gasteiger partial charge in [0, 0.05) is 13.1 Å². The second-order valence-corrected chi connectivity index (χ2v) is 8.99. The number of amides is 1. The lowest BCUT2D eigenvalue weighted by Crippen LogP contribution is -2.40. The fourth-order valence-corrected chi connectivity index (χ4v) is 5.67. The molecule has 1 N–H and O–H groups in total. The van der Waals surface area contributed by atoms with Crippen molar-refractivity contribution in [2.24, 2.45) is 24.8 Å². The van der Waals surface area contributed by atoms with Gasteiger partial charge in [-0.05, 0) is 56.1 Å². The van der Waals surface area contributed by atoms with Crippen LogP contribution >= 0.6 is 11.8 Å². The van der Waals surface area contributed by atoms with Crippen LogP contribution in [0.1, 0.15) is 32.6 Å². The fraction of sp³-hybridized carbons (Fsp3) is 0.571. The van der Waals surface area contributed by atoms with E-state index < -0.39 is 0 Å². The second kappa shape index (κ2) is 8.15. The van der Waals surface area contributed by atoms with Gasteiger partial charge in [-0.15, -0.1) is 10.2 Å². The van der Waals surface area contributed by atoms with Gasteiger partial charge in [0.05, 0.1) is 18.4 Å². The molecule has 0 aliphatic heterocycles. The third-order valence-electron chi connectivity index (χ3n) is 6.34. The zero-order valence-corrected chi connectivity index (χ0v) is 17.5. The Morgan fingerprint density at radius 3 is 2.86 bits per heavy atom. The highest BCUT2D eigenvalue weighted by Crippen LogP contribution is 2.49. The number of rotatable bonds is 7. The van der Waals surface area contributed by atoms with Gasteiger partial charge >= 0.3 is 0 Å². The van der Waals surface area contributed by atoms with Crippen LogP contribution in [-0.4, -0.2) is 39.6 Å². The summed E-state index contributed by atoms with van der Waals surface area (Å²) in [6.45, 7) is 2.16. The summed E-state index contributed by atoms with van der Waals surface area (Å²) in [5, 5.41) is 12.5. The number of carbonyl (C=O) groups is 1. The van der Waals surface area contributed by atoms with E-state index in [2.05, 4.69) is 22.4 Å². The van der Waals surface area contributed by atoms with Crippen molar-refractivity contribution >= 4 is 17.7 Å². The lowest BCUT2D eigenvalue weighted by atomic mass is 9.84. The van der Waals surface area contributed by atoms with Crippen molar-refractivity contribution in [2.45, 2.75) is 43.8 Å². The molecule has 4 unspecified atom stereocenters. The number of hydrogen-bond acceptors (Lipinski definition) is 5. The molecule has 7 heteroatoms. The molecular weight excluding hydrogens is 372 g/mol. The molecule has 0 saturated heterocycles. The molecule has 4 atom stereocenters. The first kappa shape index (κ1) is 19.3. The standard InChI is InChI=1S/C21H28N4O2S/c1-13(17-11-14-8-9-15(17)10-14)22-19(26)12-28-21-24-23-20(25(21)2)16-6-4-5-7-18(16)27-3/h4-7,13-15,17H,8-12H2,1-3H3,(H,22,26). The number of ether oxygens (including phenoxy) is 1. The summed E-state index contributed by atoms with van der Waals surface area (Å²) < 4.78 is 7.34. The Bertz CT molecular complexity index is 853. The molecule has 2 aliphatic rings. The van der Waals surface area contributed by atoms with E-state index in [-0.39, 0.29) is 11.9 Å². The zero-order valence-electron chi connectivity index (χ0n) is 16.7. The Labute approximate surface area is 170 Å². The minimum atomic E-state index is 0.0714. The molecule has 2 bridgehead atoms. The first-order valence-electron chi connectivity index (χ1n) is 10.0. The lowest BCUT2D eigenvalue weighted by molar-refractivity contribution is -0.119. The van der Waals surface area contributed by atoms with E-state index in [4.69, 9.17) is 4.74 Å². The van der Waals surface area contributed by atoms with Crippen molar-refractivity contribution in [1.82, 2.24) is 20.1 Å². The second-order valence-electron chi connectivity index (χ2n) is 8.05. The van der Waals surface area contributed by atoms with E-state index in [1.54, 1.807) is 7.11 Å². The largest absolute Gasteiger partial charge is 0.496 e. The quantitative estimate of drug-likeness (QED) is 0.720. The van der Waals surface area contributed by atoms with E-state index in [0.717, 1.165) is 34.1 Å². The predicted molar refractivity (Wildman–Crippen MR) is 110 cm³/mol. The van der Waals surface area contributed by atoms with E-state index in [1.165, 1.54) is 37.4 Å². The maximum absolute atomic E-state index is 12.5. The Hall–Kier alpha value is -2.02. The van der Waals surface area contributed by atoms with Gasteiger partial charge in [-0.1, -0.05) is 30.3 Å². The molecule has 150 valence electrons. The fourth-order valence-electron chi connectivity index (χ4n) is 4.94. The number of aromatic nitrogens is 3. The minimum Gasteiger partial charge on any atom is -0.496 e. The summed E-state index contributed by atoms with van der Waals surface area (Å²) in [5.74, 6) is 4.28. The molecular formula is C21H28N4O2S. The summed E-state index contributed by atoms with van der Waals surface area (Å²) >= 11 is 1.42. The number of carbonyl (C=O) groups excluding carboxylic acids is 1. The number of nitrogens with one attached hydrogen (secondary N) is 1. The molecule has 0 radical (unpaired) electrons. The monoisotopic (exact) mass is 400 g/mol. The molecule has 28 heavy (non-hydrogen) atoms. The van der Waals surface area contributed by atoms with Gasteiger partial charge in [0.15, 0.2) is 11.0 Å². The van der Waals surface area contributed by atoms with Gasteiger partial charge in [0.1, 0.15) is 5.75 Å². The number of nitrogens with zero attached hydrogens (tertiary/aromatic N) is 3. The summed E-state index contributed by atoms with van der Waals surface area (Å²) in [6, 6.07) is 7.99. The summed E-state index contributed by atoms with van der Waals surface area (Å²) in [4.78, 5) is 12.5. The van der Waals surface area contributed by atoms with Crippen LogP contribution < -0.4 is 10.1 Å². The molecule has 1 aromatic heterocycles. The summed E-state index contributed by atoms with van der Waals surface area (Å²) in [5.41, 5.74) is 0.890. The Morgan fingerprint density at radius 1 is 1.32 bits per heavy atom. The Balaban J connectivity index is 1.35. The smallest absolute Gasteiger partial charge is 0.230 e. The topological polar surface area (TPSA) is 69.0 Å². The molecule has 4 rings (SSSR count). The molecule has 2 aromatic rings. The predicted octanol–water partition coefficient (Wildman–Crippen LogP) is 3.52. The van der Waals surface area contributed by atoms with Gasteiger partial charge in [0.25, 0.3) is 0 Å². The van der Waals surface area contributed by atoms with Crippen LogP contribution in [0.4, 0.5) is 0 Å². The van der Waals surface area contributed by atoms with Crippen molar-refractivity contribution < 1.29 is 9.53 Å². The van der Waals surface area contributed by atoms with Gasteiger partial charge < -0.3 is 14.6 Å². The number of hydrogen-bond donors (Lipinski definition) is 1. The van der Waals surface area contributed by atoms with Crippen LogP contribution in [0.25, 0.3) is 11.4 Å². The highest BCUT2D eigenvalue weighted by molar-refractivity contribution is 7.99. The van der Waals surface area contributed by atoms with Gasteiger partial charge in [-0.3, -0.25) is 4.79 Å². The number of methoxy groups -OCH3 is 1. The number of fused-ring (bicyclic) bond motifs is 2. The third kappa shape index (κ3) is 3.77. The van der Waals surface area contributed by atoms with E-state index in [0.29, 0.717) is 11.7 Å². The summed E-state index contributed by atoms with van der Waals surface area (Å²) in [7, 11) is 3.56. The highest BCUT2D eigenvalue weighted by atomic mass is 32.2. The van der Waals surface area contributed by atoms with E-state index in [1.807, 2.05) is 35.9 Å². The number of benzene rings is 1. The van der Waals surface area contributed by atoms with Crippen LogP contribution in [0.2, 0.25) is 0 Å². The number of thioether (sulfide) groups is 1. The molecule has 2 saturated carbocycles. The number of para-hydroxylation sites is 1. The van der Waals surface area contributed by atoms with Crippen LogP contribution in [0.15, 0.2) is 29.4 Å². The maximum atomic E-state index is 12.5. The van der Waals surface area contributed by atoms with Crippen molar-refractivity contribution in [3.05, 3.63) is 24.3 Å². The molecule has 0 spiro atoms. The Morgan fingerprint density at radius 2 is 2.14 bits per heavy atom. The lowest BCUT2D eigenvalue weighted by Gasteiger charge is -2.28. The third-order valence-corrected chi connectivity index (χ3v) is 7.36. The average molecular weight is 401 g/mol. The summed E-state index contributed by atoms with van der Waals surface area (Å²) in [6.07, 6.45) is 5.38. The van der Waals surface area contributed by atoms with Crippen LogP contribution in [0, 0.1) is 17.8 Å². The highest BCUT2D eigenvalue weighted by Gasteiger charge is 2.42. The maximum Gasteiger partial charge on any atom is 0.230 e. The van der Waals surface area contributed by atoms with Gasteiger partial charge in [0.2, 0.25) is 5.91 Å². The van der Waals surface area contributed by atoms with Gasteiger partial charge in [-0.25, -0.2) is 0 Å². The van der Waals surface area contributed by atoms with Crippen LogP contribution in [-0.2, 0) is 11.8 Å².